The van der Waals surface area contributed by atoms with Crippen LogP contribution in [-0.4, -0.2) is 5.91 Å². The van der Waals surface area contributed by atoms with E-state index >= 15 is 0 Å². The van der Waals surface area contributed by atoms with E-state index in [9.17, 15) is 4.79 Å². The maximum atomic E-state index is 12.6. The molecule has 2 nitrogen and oxygen atoms in total. The van der Waals surface area contributed by atoms with Crippen LogP contribution in [0.5, 0.6) is 0 Å². The molecule has 1 amide bonds. The third-order valence-corrected chi connectivity index (χ3v) is 8.25. The van der Waals surface area contributed by atoms with Crippen LogP contribution in [-0.2, 0) is 16.6 Å². The third-order valence-electron chi connectivity index (χ3n) is 8.25. The largest absolute Gasteiger partial charge is 0.326 e. The Kier molecular flexibility index (Phi) is 4.90. The molecular weight excluding hydrogens is 390 g/mol. The van der Waals surface area contributed by atoms with Crippen LogP contribution in [0, 0.1) is 17.8 Å². The molecule has 32 heavy (non-hydrogen) atoms. The van der Waals surface area contributed by atoms with E-state index < -0.39 is 0 Å². The van der Waals surface area contributed by atoms with Crippen molar-refractivity contribution in [1.29, 1.82) is 0 Å². The van der Waals surface area contributed by atoms with E-state index in [1.807, 2.05) is 18.2 Å². The highest BCUT2D eigenvalue weighted by atomic mass is 16.1. The third kappa shape index (κ3) is 3.77. The topological polar surface area (TPSA) is 29.1 Å². The quantitative estimate of drug-likeness (QED) is 0.472. The average Bonchev–Trinajstić information content (AvgIpc) is 2.80. The zero-order valence-electron chi connectivity index (χ0n) is 18.6. The molecule has 0 saturated heterocycles. The fourth-order valence-electron chi connectivity index (χ4n) is 7.21. The standard InChI is InChI=1S/C30H31NO/c32-29(17-21-6-8-26(9-7-21)25-4-2-1-3-5-25)31-28-12-10-27(11-13-28)30-18-22-14-23(19-30)16-24(15-22)20-30/h1-13,22-24H,14-20H2,(H,31,32). The highest BCUT2D eigenvalue weighted by molar-refractivity contribution is 5.92. The molecule has 1 N–H and O–H groups in total. The van der Waals surface area contributed by atoms with Crippen LogP contribution in [0.2, 0.25) is 0 Å². The van der Waals surface area contributed by atoms with Gasteiger partial charge in [0.25, 0.3) is 0 Å². The van der Waals surface area contributed by atoms with Gasteiger partial charge >= 0.3 is 0 Å². The second-order valence-corrected chi connectivity index (χ2v) is 10.6. The lowest BCUT2D eigenvalue weighted by Gasteiger charge is -2.57. The van der Waals surface area contributed by atoms with Gasteiger partial charge in [0.2, 0.25) is 5.91 Å². The number of nitrogens with one attached hydrogen (secondary N) is 1. The number of hydrogen-bond donors (Lipinski definition) is 1. The fourth-order valence-corrected chi connectivity index (χ4v) is 7.21. The normalized spacial score (nSPS) is 27.9. The molecule has 0 radical (unpaired) electrons. The summed E-state index contributed by atoms with van der Waals surface area (Å²) in [7, 11) is 0. The Morgan fingerprint density at radius 2 is 1.28 bits per heavy atom. The number of hydrogen-bond acceptors (Lipinski definition) is 1. The van der Waals surface area contributed by atoms with Gasteiger partial charge in [-0.05, 0) is 96.1 Å². The molecule has 0 heterocycles. The Morgan fingerprint density at radius 3 is 1.88 bits per heavy atom. The predicted octanol–water partition coefficient (Wildman–Crippen LogP) is 7.00. The molecule has 3 aromatic carbocycles. The molecule has 3 aromatic rings. The summed E-state index contributed by atoms with van der Waals surface area (Å²) in [6, 6.07) is 27.4. The lowest BCUT2D eigenvalue weighted by Crippen LogP contribution is -2.48. The molecule has 4 bridgehead atoms. The van der Waals surface area contributed by atoms with Gasteiger partial charge < -0.3 is 5.32 Å². The van der Waals surface area contributed by atoms with Gasteiger partial charge in [-0.2, -0.15) is 0 Å². The van der Waals surface area contributed by atoms with E-state index in [1.54, 1.807) is 0 Å². The van der Waals surface area contributed by atoms with Crippen LogP contribution in [0.1, 0.15) is 49.7 Å². The van der Waals surface area contributed by atoms with E-state index in [-0.39, 0.29) is 5.91 Å². The van der Waals surface area contributed by atoms with Gasteiger partial charge in [0, 0.05) is 5.69 Å². The summed E-state index contributed by atoms with van der Waals surface area (Å²) in [5.74, 6) is 2.90. The monoisotopic (exact) mass is 421 g/mol. The molecule has 0 aliphatic heterocycles. The van der Waals surface area contributed by atoms with E-state index in [1.165, 1.54) is 55.2 Å². The maximum absolute atomic E-state index is 12.6. The number of amides is 1. The molecule has 4 fully saturated rings. The van der Waals surface area contributed by atoms with Crippen LogP contribution < -0.4 is 5.32 Å². The minimum atomic E-state index is 0.0417. The van der Waals surface area contributed by atoms with Gasteiger partial charge in [0.05, 0.1) is 6.42 Å². The van der Waals surface area contributed by atoms with Gasteiger partial charge in [-0.15, -0.1) is 0 Å². The minimum Gasteiger partial charge on any atom is -0.326 e. The number of anilines is 1. The molecule has 162 valence electrons. The summed E-state index contributed by atoms with van der Waals surface area (Å²) in [5, 5.41) is 3.10. The zero-order chi connectivity index (χ0) is 21.5. The van der Waals surface area contributed by atoms with Crippen LogP contribution >= 0.6 is 0 Å². The van der Waals surface area contributed by atoms with Crippen molar-refractivity contribution in [2.75, 3.05) is 5.32 Å². The lowest BCUT2D eigenvalue weighted by molar-refractivity contribution is -0.115. The van der Waals surface area contributed by atoms with E-state index in [0.29, 0.717) is 11.8 Å². The van der Waals surface area contributed by atoms with E-state index in [2.05, 4.69) is 66.0 Å². The fraction of sp³-hybridized carbons (Fsp3) is 0.367. The van der Waals surface area contributed by atoms with E-state index in [4.69, 9.17) is 0 Å². The van der Waals surface area contributed by atoms with Crippen molar-refractivity contribution in [2.24, 2.45) is 17.8 Å². The summed E-state index contributed by atoms with van der Waals surface area (Å²) in [5.41, 5.74) is 6.23. The molecule has 0 unspecified atom stereocenters. The van der Waals surface area contributed by atoms with Crippen molar-refractivity contribution in [2.45, 2.75) is 50.4 Å². The number of rotatable bonds is 5. The molecule has 4 saturated carbocycles. The maximum Gasteiger partial charge on any atom is 0.228 e. The molecule has 4 aliphatic carbocycles. The van der Waals surface area contributed by atoms with Crippen LogP contribution in [0.15, 0.2) is 78.9 Å². The van der Waals surface area contributed by atoms with Crippen LogP contribution in [0.25, 0.3) is 11.1 Å². The van der Waals surface area contributed by atoms with Crippen molar-refractivity contribution < 1.29 is 4.79 Å². The molecule has 0 aromatic heterocycles. The highest BCUT2D eigenvalue weighted by Gasteiger charge is 2.51. The van der Waals surface area contributed by atoms with Crippen molar-refractivity contribution in [3.8, 4) is 11.1 Å². The lowest BCUT2D eigenvalue weighted by atomic mass is 9.48. The average molecular weight is 422 g/mol. The highest BCUT2D eigenvalue weighted by Crippen LogP contribution is 2.60. The van der Waals surface area contributed by atoms with Gasteiger partial charge in [-0.25, -0.2) is 0 Å². The van der Waals surface area contributed by atoms with Gasteiger partial charge in [0.1, 0.15) is 0 Å². The summed E-state index contributed by atoms with van der Waals surface area (Å²) in [4.78, 5) is 12.6. The van der Waals surface area contributed by atoms with Crippen molar-refractivity contribution in [1.82, 2.24) is 0 Å². The van der Waals surface area contributed by atoms with Gasteiger partial charge in [-0.3, -0.25) is 4.79 Å². The Bertz CT molecular complexity index is 1060. The number of benzene rings is 3. The smallest absolute Gasteiger partial charge is 0.228 e. The number of carbonyl (C=O) groups is 1. The summed E-state index contributed by atoms with van der Waals surface area (Å²) in [6.07, 6.45) is 8.95. The van der Waals surface area contributed by atoms with Crippen molar-refractivity contribution in [3.63, 3.8) is 0 Å². The van der Waals surface area contributed by atoms with Gasteiger partial charge in [-0.1, -0.05) is 66.7 Å². The molecule has 7 rings (SSSR count). The Morgan fingerprint density at radius 1 is 0.719 bits per heavy atom. The zero-order valence-corrected chi connectivity index (χ0v) is 18.6. The van der Waals surface area contributed by atoms with Crippen molar-refractivity contribution in [3.05, 3.63) is 90.0 Å². The Balaban J connectivity index is 1.10. The summed E-state index contributed by atoms with van der Waals surface area (Å²) >= 11 is 0. The van der Waals surface area contributed by atoms with Crippen LogP contribution in [0.3, 0.4) is 0 Å². The van der Waals surface area contributed by atoms with E-state index in [0.717, 1.165) is 29.0 Å². The first-order valence-electron chi connectivity index (χ1n) is 12.2. The molecular formula is C30H31NO. The summed E-state index contributed by atoms with van der Waals surface area (Å²) in [6.45, 7) is 0. The Hall–Kier alpha value is -2.87. The van der Waals surface area contributed by atoms with Gasteiger partial charge in [0.15, 0.2) is 0 Å². The first-order valence-corrected chi connectivity index (χ1v) is 12.2. The molecule has 0 atom stereocenters. The first kappa shape index (κ1) is 19.8. The summed E-state index contributed by atoms with van der Waals surface area (Å²) < 4.78 is 0. The SMILES string of the molecule is O=C(Cc1ccc(-c2ccccc2)cc1)Nc1ccc(C23CC4CC(CC(C4)C2)C3)cc1. The minimum absolute atomic E-state index is 0.0417. The second-order valence-electron chi connectivity index (χ2n) is 10.6. The molecule has 2 heteroatoms. The van der Waals surface area contributed by atoms with Crippen molar-refractivity contribution >= 4 is 11.6 Å². The second kappa shape index (κ2) is 7.92. The molecule has 4 aliphatic rings. The number of carbonyl (C=O) groups excluding carboxylic acids is 1. The predicted molar refractivity (Wildman–Crippen MR) is 131 cm³/mol. The Labute approximate surface area is 191 Å². The first-order chi connectivity index (χ1) is 15.6. The van der Waals surface area contributed by atoms with Crippen LogP contribution in [0.4, 0.5) is 5.69 Å². The molecule has 0 spiro atoms.